The Morgan fingerprint density at radius 3 is 2.19 bits per heavy atom. The van der Waals surface area contributed by atoms with Gasteiger partial charge in [-0.15, -0.1) is 0 Å². The van der Waals surface area contributed by atoms with Gasteiger partial charge in [-0.05, 0) is 67.9 Å². The second-order valence-corrected chi connectivity index (χ2v) is 7.06. The highest BCUT2D eigenvalue weighted by Gasteiger charge is 2.21. The fourth-order valence-electron chi connectivity index (χ4n) is 3.02. The lowest BCUT2D eigenvalue weighted by molar-refractivity contribution is -0.394. The molecule has 0 aliphatic rings. The highest BCUT2D eigenvalue weighted by molar-refractivity contribution is 5.95. The van der Waals surface area contributed by atoms with Crippen molar-refractivity contribution < 1.29 is 28.9 Å². The number of hydrazone groups is 1. The Hall–Kier alpha value is -5.00. The molecule has 12 heteroatoms. The molecule has 3 rings (SSSR count). The predicted molar refractivity (Wildman–Crippen MR) is 130 cm³/mol. The van der Waals surface area contributed by atoms with E-state index in [1.54, 1.807) is 30.3 Å². The van der Waals surface area contributed by atoms with Gasteiger partial charge >= 0.3 is 5.69 Å². The fraction of sp³-hybridized carbons (Fsp3) is 0.167. The molecule has 0 spiro atoms. The predicted octanol–water partition coefficient (Wildman–Crippen LogP) is 4.86. The lowest BCUT2D eigenvalue weighted by atomic mass is 10.2. The van der Waals surface area contributed by atoms with E-state index in [4.69, 9.17) is 14.2 Å². The molecule has 186 valence electrons. The van der Waals surface area contributed by atoms with E-state index >= 15 is 0 Å². The summed E-state index contributed by atoms with van der Waals surface area (Å²) in [7, 11) is 0. The average molecular weight is 494 g/mol. The van der Waals surface area contributed by atoms with Crippen LogP contribution < -0.4 is 19.6 Å². The zero-order valence-electron chi connectivity index (χ0n) is 19.4. The summed E-state index contributed by atoms with van der Waals surface area (Å²) in [5, 5.41) is 26.1. The number of nitrogens with zero attached hydrogens (tertiary/aromatic N) is 3. The Labute approximate surface area is 205 Å². The summed E-state index contributed by atoms with van der Waals surface area (Å²) < 4.78 is 16.5. The maximum Gasteiger partial charge on any atom is 0.318 e. The third-order valence-electron chi connectivity index (χ3n) is 4.64. The summed E-state index contributed by atoms with van der Waals surface area (Å²) in [5.74, 6) is 0.688. The smallest absolute Gasteiger partial charge is 0.318 e. The quantitative estimate of drug-likeness (QED) is 0.225. The van der Waals surface area contributed by atoms with Crippen LogP contribution in [0.25, 0.3) is 0 Å². The van der Waals surface area contributed by atoms with E-state index < -0.39 is 27.1 Å². The van der Waals surface area contributed by atoms with Crippen LogP contribution in [0.2, 0.25) is 0 Å². The summed E-state index contributed by atoms with van der Waals surface area (Å²) in [4.78, 5) is 33.1. The first kappa shape index (κ1) is 25.6. The fourth-order valence-corrected chi connectivity index (χ4v) is 3.02. The summed E-state index contributed by atoms with van der Waals surface area (Å²) in [6, 6.07) is 14.3. The molecule has 0 atom stereocenters. The van der Waals surface area contributed by atoms with Gasteiger partial charge in [0, 0.05) is 11.6 Å². The Morgan fingerprint density at radius 2 is 1.56 bits per heavy atom. The minimum Gasteiger partial charge on any atom is -0.490 e. The van der Waals surface area contributed by atoms with Crippen LogP contribution in [-0.2, 0) is 0 Å². The molecule has 12 nitrogen and oxygen atoms in total. The van der Waals surface area contributed by atoms with Crippen LogP contribution in [0, 0.1) is 20.2 Å². The number of carbonyl (C=O) groups excluding carboxylic acids is 1. The molecule has 3 aromatic carbocycles. The third-order valence-corrected chi connectivity index (χ3v) is 4.64. The Kier molecular flexibility index (Phi) is 8.49. The van der Waals surface area contributed by atoms with E-state index in [0.29, 0.717) is 35.8 Å². The Balaban J connectivity index is 1.65. The number of non-ortho nitro benzene ring substituents is 1. The molecule has 0 unspecified atom stereocenters. The van der Waals surface area contributed by atoms with Crippen molar-refractivity contribution in [3.05, 3.63) is 92.0 Å². The minimum absolute atomic E-state index is 0.138. The van der Waals surface area contributed by atoms with E-state index in [2.05, 4.69) is 10.5 Å². The Morgan fingerprint density at radius 1 is 0.889 bits per heavy atom. The van der Waals surface area contributed by atoms with Crippen LogP contribution in [0.4, 0.5) is 11.4 Å². The second kappa shape index (κ2) is 11.9. The van der Waals surface area contributed by atoms with E-state index in [1.165, 1.54) is 24.4 Å². The molecule has 0 radical (unpaired) electrons. The number of hydrogen-bond donors (Lipinski definition) is 1. The van der Waals surface area contributed by atoms with Crippen molar-refractivity contribution in [3.8, 4) is 23.0 Å². The SMILES string of the molecule is CCOc1ccc(C(=O)N/N=C/c2ccc(Oc3ccc([N+](=O)[O-])cc3[N+](=O)[O-])cc2)cc1OCC. The van der Waals surface area contributed by atoms with Gasteiger partial charge in [-0.1, -0.05) is 0 Å². The van der Waals surface area contributed by atoms with Gasteiger partial charge in [0.25, 0.3) is 11.6 Å². The first-order valence-corrected chi connectivity index (χ1v) is 10.8. The number of carbonyl (C=O) groups is 1. The molecule has 0 aromatic heterocycles. The van der Waals surface area contributed by atoms with E-state index in [-0.39, 0.29) is 11.5 Å². The molecule has 3 aromatic rings. The van der Waals surface area contributed by atoms with E-state index in [9.17, 15) is 25.0 Å². The van der Waals surface area contributed by atoms with E-state index in [0.717, 1.165) is 12.1 Å². The van der Waals surface area contributed by atoms with Crippen molar-refractivity contribution >= 4 is 23.5 Å². The van der Waals surface area contributed by atoms with Gasteiger partial charge in [0.1, 0.15) is 5.75 Å². The van der Waals surface area contributed by atoms with Gasteiger partial charge in [-0.25, -0.2) is 5.43 Å². The van der Waals surface area contributed by atoms with Gasteiger partial charge in [-0.2, -0.15) is 5.10 Å². The van der Waals surface area contributed by atoms with Crippen molar-refractivity contribution in [3.63, 3.8) is 0 Å². The van der Waals surface area contributed by atoms with Crippen LogP contribution in [0.3, 0.4) is 0 Å². The van der Waals surface area contributed by atoms with Crippen molar-refractivity contribution in [2.75, 3.05) is 13.2 Å². The topological polar surface area (TPSA) is 155 Å². The molecule has 0 bridgehead atoms. The molecular formula is C24H22N4O8. The average Bonchev–Trinajstić information content (AvgIpc) is 2.86. The van der Waals surface area contributed by atoms with Crippen molar-refractivity contribution in [2.24, 2.45) is 5.10 Å². The second-order valence-electron chi connectivity index (χ2n) is 7.06. The highest BCUT2D eigenvalue weighted by Crippen LogP contribution is 2.34. The van der Waals surface area contributed by atoms with Gasteiger partial charge in [-0.3, -0.25) is 25.0 Å². The summed E-state index contributed by atoms with van der Waals surface area (Å²) in [6.07, 6.45) is 1.41. The van der Waals surface area contributed by atoms with Crippen LogP contribution in [-0.4, -0.2) is 35.2 Å². The van der Waals surface area contributed by atoms with Crippen molar-refractivity contribution in [1.82, 2.24) is 5.43 Å². The van der Waals surface area contributed by atoms with Gasteiger partial charge in [0.05, 0.1) is 35.3 Å². The van der Waals surface area contributed by atoms with Gasteiger partial charge in [0.15, 0.2) is 11.5 Å². The minimum atomic E-state index is -0.756. The number of benzene rings is 3. The number of nitro benzene ring substituents is 2. The van der Waals surface area contributed by atoms with Gasteiger partial charge in [0.2, 0.25) is 5.75 Å². The zero-order valence-corrected chi connectivity index (χ0v) is 19.4. The van der Waals surface area contributed by atoms with Crippen LogP contribution >= 0.6 is 0 Å². The monoisotopic (exact) mass is 494 g/mol. The number of amides is 1. The first-order valence-electron chi connectivity index (χ1n) is 10.8. The lowest BCUT2D eigenvalue weighted by Gasteiger charge is -2.11. The molecule has 0 saturated heterocycles. The van der Waals surface area contributed by atoms with Crippen LogP contribution in [0.1, 0.15) is 29.8 Å². The molecule has 0 fully saturated rings. The van der Waals surface area contributed by atoms with Crippen LogP contribution in [0.15, 0.2) is 65.8 Å². The summed E-state index contributed by atoms with van der Waals surface area (Å²) in [5.41, 5.74) is 2.44. The number of rotatable bonds is 11. The number of nitro groups is 2. The number of hydrogen-bond acceptors (Lipinski definition) is 9. The van der Waals surface area contributed by atoms with Crippen LogP contribution in [0.5, 0.6) is 23.0 Å². The number of ether oxygens (including phenoxy) is 3. The largest absolute Gasteiger partial charge is 0.490 e. The Bertz CT molecular complexity index is 1290. The summed E-state index contributed by atoms with van der Waals surface area (Å²) in [6.45, 7) is 4.56. The third kappa shape index (κ3) is 6.53. The van der Waals surface area contributed by atoms with E-state index in [1.807, 2.05) is 13.8 Å². The molecule has 0 aliphatic heterocycles. The standard InChI is InChI=1S/C24H22N4O8/c1-3-34-22-11-7-17(13-23(22)35-4-2)24(29)26-25-15-16-5-9-19(10-6-16)36-21-12-8-18(27(30)31)14-20(21)28(32)33/h5-15H,3-4H2,1-2H3,(H,26,29)/b25-15+. The lowest BCUT2D eigenvalue weighted by Crippen LogP contribution is -2.17. The zero-order chi connectivity index (χ0) is 26.1. The maximum atomic E-state index is 12.4. The maximum absolute atomic E-state index is 12.4. The number of nitrogens with one attached hydrogen (secondary N) is 1. The normalized spacial score (nSPS) is 10.6. The van der Waals surface area contributed by atoms with Crippen molar-refractivity contribution in [2.45, 2.75) is 13.8 Å². The summed E-state index contributed by atoms with van der Waals surface area (Å²) >= 11 is 0. The molecule has 1 N–H and O–H groups in total. The van der Waals surface area contributed by atoms with Crippen molar-refractivity contribution in [1.29, 1.82) is 0 Å². The molecule has 0 heterocycles. The molecule has 1 amide bonds. The first-order chi connectivity index (χ1) is 17.3. The highest BCUT2D eigenvalue weighted by atomic mass is 16.6. The molecular weight excluding hydrogens is 472 g/mol. The molecule has 0 aliphatic carbocycles. The molecule has 36 heavy (non-hydrogen) atoms. The van der Waals surface area contributed by atoms with Gasteiger partial charge < -0.3 is 14.2 Å². The molecule has 0 saturated carbocycles.